The van der Waals surface area contributed by atoms with Gasteiger partial charge in [0.25, 0.3) is 0 Å². The number of sulfone groups is 1. The van der Waals surface area contributed by atoms with Crippen LogP contribution in [-0.4, -0.2) is 8.42 Å². The minimum absolute atomic E-state index is 0.150. The Morgan fingerprint density at radius 2 is 1.83 bits per heavy atom. The van der Waals surface area contributed by atoms with Crippen LogP contribution in [0.5, 0.6) is 11.5 Å². The highest BCUT2D eigenvalue weighted by Crippen LogP contribution is 2.33. The molecular weight excluding hydrogens is 362 g/mol. The normalized spacial score (nSPS) is 11.9. The van der Waals surface area contributed by atoms with Crippen molar-refractivity contribution >= 4 is 38.6 Å². The van der Waals surface area contributed by atoms with Crippen LogP contribution in [0.25, 0.3) is 6.08 Å². The van der Waals surface area contributed by atoms with E-state index in [9.17, 15) is 13.7 Å². The van der Waals surface area contributed by atoms with Gasteiger partial charge < -0.3 is 4.74 Å². The molecule has 0 unspecified atom stereocenters. The van der Waals surface area contributed by atoms with Gasteiger partial charge in [-0.3, -0.25) is 0 Å². The van der Waals surface area contributed by atoms with Gasteiger partial charge in [-0.25, -0.2) is 8.42 Å². The summed E-state index contributed by atoms with van der Waals surface area (Å²) in [6.07, 6.45) is 1.36. The van der Waals surface area contributed by atoms with E-state index < -0.39 is 9.84 Å². The number of rotatable bonds is 5. The molecule has 0 spiro atoms. The van der Waals surface area contributed by atoms with Gasteiger partial charge in [-0.1, -0.05) is 24.3 Å². The van der Waals surface area contributed by atoms with Crippen LogP contribution in [0.1, 0.15) is 4.88 Å². The number of nitriles is 1. The molecule has 24 heavy (non-hydrogen) atoms. The van der Waals surface area contributed by atoms with Gasteiger partial charge in [0.15, 0.2) is 4.91 Å². The maximum absolute atomic E-state index is 12.5. The molecule has 0 aliphatic carbocycles. The largest absolute Gasteiger partial charge is 0.456 e. The van der Waals surface area contributed by atoms with E-state index in [1.807, 2.05) is 18.2 Å². The van der Waals surface area contributed by atoms with E-state index in [0.717, 1.165) is 11.3 Å². The molecule has 0 aliphatic heterocycles. The first-order chi connectivity index (χ1) is 11.6. The Kier molecular flexibility index (Phi) is 4.81. The molecule has 0 saturated heterocycles. The van der Waals surface area contributed by atoms with E-state index in [1.54, 1.807) is 41.1 Å². The van der Waals surface area contributed by atoms with Crippen LogP contribution in [-0.2, 0) is 9.84 Å². The number of ether oxygens (including phenoxy) is 1. The zero-order valence-electron chi connectivity index (χ0n) is 12.2. The molecule has 0 saturated carbocycles. The molecule has 0 N–H and O–H groups in total. The maximum atomic E-state index is 12.5. The minimum atomic E-state index is -3.80. The average Bonchev–Trinajstić information content (AvgIpc) is 3.26. The van der Waals surface area contributed by atoms with E-state index in [1.165, 1.54) is 23.5 Å². The van der Waals surface area contributed by atoms with Crippen molar-refractivity contribution < 1.29 is 13.2 Å². The maximum Gasteiger partial charge on any atom is 0.226 e. The fourth-order valence-electron chi connectivity index (χ4n) is 1.93. The predicted molar refractivity (Wildman–Crippen MR) is 95.9 cm³/mol. The molecule has 7 heteroatoms. The molecule has 4 nitrogen and oxygen atoms in total. The molecule has 3 aromatic rings. The molecule has 3 rings (SSSR count). The first kappa shape index (κ1) is 16.5. The van der Waals surface area contributed by atoms with Gasteiger partial charge in [-0.2, -0.15) is 5.26 Å². The van der Waals surface area contributed by atoms with Crippen LogP contribution < -0.4 is 4.74 Å². The fraction of sp³-hybridized carbons (Fsp3) is 0. The van der Waals surface area contributed by atoms with Gasteiger partial charge in [0.05, 0.1) is 4.88 Å². The molecular formula is C17H11NO3S3. The van der Waals surface area contributed by atoms with Crippen LogP contribution >= 0.6 is 22.7 Å². The van der Waals surface area contributed by atoms with Crippen molar-refractivity contribution in [3.05, 3.63) is 69.1 Å². The third-order valence-electron chi connectivity index (χ3n) is 3.05. The van der Waals surface area contributed by atoms with Crippen molar-refractivity contribution in [1.82, 2.24) is 0 Å². The summed E-state index contributed by atoms with van der Waals surface area (Å²) in [5.74, 6) is 1.16. The van der Waals surface area contributed by atoms with E-state index in [0.29, 0.717) is 16.4 Å². The lowest BCUT2D eigenvalue weighted by molar-refractivity contribution is 0.484. The smallest absolute Gasteiger partial charge is 0.226 e. The predicted octanol–water partition coefficient (Wildman–Crippen LogP) is 4.94. The fourth-order valence-corrected chi connectivity index (χ4v) is 5.01. The average molecular weight is 373 g/mol. The molecule has 0 bridgehead atoms. The van der Waals surface area contributed by atoms with E-state index in [4.69, 9.17) is 4.74 Å². The van der Waals surface area contributed by atoms with Crippen LogP contribution in [0.2, 0.25) is 0 Å². The second-order valence-corrected chi connectivity index (χ2v) is 8.66. The Morgan fingerprint density at radius 1 is 1.04 bits per heavy atom. The number of hydrogen-bond donors (Lipinski definition) is 0. The topological polar surface area (TPSA) is 67.2 Å². The van der Waals surface area contributed by atoms with Crippen molar-refractivity contribution in [2.45, 2.75) is 4.21 Å². The van der Waals surface area contributed by atoms with Gasteiger partial charge >= 0.3 is 0 Å². The molecule has 2 heterocycles. The number of nitrogens with zero attached hydrogens (tertiary/aromatic N) is 1. The van der Waals surface area contributed by atoms with Crippen LogP contribution in [0, 0.1) is 11.3 Å². The van der Waals surface area contributed by atoms with Crippen molar-refractivity contribution in [3.63, 3.8) is 0 Å². The lowest BCUT2D eigenvalue weighted by Gasteiger charge is -2.05. The zero-order valence-corrected chi connectivity index (χ0v) is 14.7. The monoisotopic (exact) mass is 373 g/mol. The Balaban J connectivity index is 1.96. The molecule has 0 amide bonds. The van der Waals surface area contributed by atoms with Crippen molar-refractivity contribution in [1.29, 1.82) is 5.26 Å². The van der Waals surface area contributed by atoms with Gasteiger partial charge in [0.1, 0.15) is 21.8 Å². The summed E-state index contributed by atoms with van der Waals surface area (Å²) in [4.78, 5) is 0.279. The van der Waals surface area contributed by atoms with Crippen molar-refractivity contribution in [2.75, 3.05) is 0 Å². The van der Waals surface area contributed by atoms with Crippen LogP contribution in [0.4, 0.5) is 0 Å². The summed E-state index contributed by atoms with van der Waals surface area (Å²) >= 11 is 2.40. The summed E-state index contributed by atoms with van der Waals surface area (Å²) in [6.45, 7) is 0. The first-order valence-electron chi connectivity index (χ1n) is 6.82. The molecule has 0 aliphatic rings. The summed E-state index contributed by atoms with van der Waals surface area (Å²) in [5, 5.41) is 12.8. The lowest BCUT2D eigenvalue weighted by Crippen LogP contribution is -2.01. The number of allylic oxidation sites excluding steroid dienone is 1. The molecule has 0 radical (unpaired) electrons. The SMILES string of the molecule is N#CC(=Cc1sccc1Oc1ccccc1)S(=O)(=O)c1cccs1. The van der Waals surface area contributed by atoms with Gasteiger partial charge in [-0.15, -0.1) is 22.7 Å². The molecule has 120 valence electrons. The summed E-state index contributed by atoms with van der Waals surface area (Å²) in [6, 6.07) is 15.8. The second kappa shape index (κ2) is 7.01. The summed E-state index contributed by atoms with van der Waals surface area (Å²) < 4.78 is 30.9. The Bertz CT molecular complexity index is 995. The first-order valence-corrected chi connectivity index (χ1v) is 10.1. The van der Waals surface area contributed by atoms with E-state index >= 15 is 0 Å². The Morgan fingerprint density at radius 3 is 2.50 bits per heavy atom. The Labute approximate surface area is 147 Å². The Hall–Kier alpha value is -2.40. The quantitative estimate of drug-likeness (QED) is 0.594. The standard InChI is InChI=1S/C17H11NO3S3/c18-12-14(24(19,20)17-7-4-9-23-17)11-16-15(8-10-22-16)21-13-5-2-1-3-6-13/h1-11H. The van der Waals surface area contributed by atoms with Gasteiger partial charge in [0, 0.05) is 0 Å². The van der Waals surface area contributed by atoms with Crippen LogP contribution in [0.3, 0.4) is 0 Å². The molecule has 2 aromatic heterocycles. The van der Waals surface area contributed by atoms with Crippen molar-refractivity contribution in [3.8, 4) is 17.6 Å². The highest BCUT2D eigenvalue weighted by Gasteiger charge is 2.22. The van der Waals surface area contributed by atoms with Crippen LogP contribution in [0.15, 0.2) is 68.4 Å². The van der Waals surface area contributed by atoms with Gasteiger partial charge in [0.2, 0.25) is 9.84 Å². The minimum Gasteiger partial charge on any atom is -0.456 e. The highest BCUT2D eigenvalue weighted by molar-refractivity contribution is 7.97. The molecule has 0 atom stereocenters. The number of benzene rings is 1. The summed E-state index contributed by atoms with van der Waals surface area (Å²) in [7, 11) is -3.80. The molecule has 1 aromatic carbocycles. The van der Waals surface area contributed by atoms with Crippen molar-refractivity contribution in [2.24, 2.45) is 0 Å². The highest BCUT2D eigenvalue weighted by atomic mass is 32.2. The third-order valence-corrected chi connectivity index (χ3v) is 6.96. The number of thiophene rings is 2. The van der Waals surface area contributed by atoms with Gasteiger partial charge in [-0.05, 0) is 41.1 Å². The van der Waals surface area contributed by atoms with E-state index in [2.05, 4.69) is 0 Å². The molecule has 0 fully saturated rings. The zero-order chi connectivity index (χ0) is 17.0. The summed E-state index contributed by atoms with van der Waals surface area (Å²) in [5.41, 5.74) is 0. The van der Waals surface area contributed by atoms with E-state index in [-0.39, 0.29) is 9.11 Å². The second-order valence-electron chi connectivity index (χ2n) is 4.62. The number of hydrogen-bond acceptors (Lipinski definition) is 6. The number of para-hydroxylation sites is 1. The third kappa shape index (κ3) is 3.41. The lowest BCUT2D eigenvalue weighted by atomic mass is 10.3.